The van der Waals surface area contributed by atoms with Crippen molar-refractivity contribution in [2.45, 2.75) is 19.6 Å². The van der Waals surface area contributed by atoms with Gasteiger partial charge in [0.05, 0.1) is 18.2 Å². The SMILES string of the molecule is O=C(CNC(=O)c1cccc(OC(F)F)c1)OCc1cc(Cl)c2c(c1)OCCCO2. The Morgan fingerprint density at radius 1 is 1.17 bits per heavy atom. The molecule has 0 spiro atoms. The van der Waals surface area contributed by atoms with Gasteiger partial charge in [0.15, 0.2) is 11.5 Å². The highest BCUT2D eigenvalue weighted by molar-refractivity contribution is 6.32. The van der Waals surface area contributed by atoms with Crippen molar-refractivity contribution >= 4 is 23.5 Å². The largest absolute Gasteiger partial charge is 0.489 e. The molecular formula is C20H18ClF2NO6. The van der Waals surface area contributed by atoms with Crippen LogP contribution < -0.4 is 19.5 Å². The number of rotatable bonds is 7. The van der Waals surface area contributed by atoms with Crippen molar-refractivity contribution in [3.63, 3.8) is 0 Å². The summed E-state index contributed by atoms with van der Waals surface area (Å²) in [6.45, 7) is -2.50. The van der Waals surface area contributed by atoms with Gasteiger partial charge in [-0.1, -0.05) is 17.7 Å². The van der Waals surface area contributed by atoms with Crippen LogP contribution in [0.3, 0.4) is 0 Å². The highest BCUT2D eigenvalue weighted by Gasteiger charge is 2.17. The minimum atomic E-state index is -3.00. The maximum Gasteiger partial charge on any atom is 0.387 e. The van der Waals surface area contributed by atoms with E-state index in [9.17, 15) is 18.4 Å². The van der Waals surface area contributed by atoms with Crippen LogP contribution in [0.25, 0.3) is 0 Å². The Morgan fingerprint density at radius 3 is 2.77 bits per heavy atom. The molecule has 160 valence electrons. The average molecular weight is 442 g/mol. The van der Waals surface area contributed by atoms with Gasteiger partial charge in [0.25, 0.3) is 5.91 Å². The van der Waals surface area contributed by atoms with Crippen LogP contribution >= 0.6 is 11.6 Å². The predicted octanol–water partition coefficient (Wildman–Crippen LogP) is 3.58. The highest BCUT2D eigenvalue weighted by Crippen LogP contribution is 2.38. The second-order valence-electron chi connectivity index (χ2n) is 6.21. The number of benzene rings is 2. The van der Waals surface area contributed by atoms with Gasteiger partial charge >= 0.3 is 12.6 Å². The molecule has 10 heteroatoms. The van der Waals surface area contributed by atoms with Gasteiger partial charge in [-0.2, -0.15) is 8.78 Å². The molecule has 1 aliphatic rings. The molecule has 30 heavy (non-hydrogen) atoms. The number of halogens is 3. The molecule has 2 aromatic rings. The van der Waals surface area contributed by atoms with E-state index in [0.717, 1.165) is 12.5 Å². The van der Waals surface area contributed by atoms with Crippen LogP contribution in [0.2, 0.25) is 5.02 Å². The van der Waals surface area contributed by atoms with Crippen LogP contribution in [0.15, 0.2) is 36.4 Å². The van der Waals surface area contributed by atoms with Crippen molar-refractivity contribution in [1.82, 2.24) is 5.32 Å². The Hall–Kier alpha value is -3.07. The van der Waals surface area contributed by atoms with Gasteiger partial charge in [0.2, 0.25) is 0 Å². The molecule has 0 aliphatic carbocycles. The lowest BCUT2D eigenvalue weighted by molar-refractivity contribution is -0.143. The van der Waals surface area contributed by atoms with Crippen LogP contribution in [0, 0.1) is 0 Å². The number of hydrogen-bond donors (Lipinski definition) is 1. The van der Waals surface area contributed by atoms with E-state index in [1.807, 2.05) is 0 Å². The lowest BCUT2D eigenvalue weighted by Crippen LogP contribution is -2.30. The number of alkyl halides is 2. The quantitative estimate of drug-likeness (QED) is 0.661. The van der Waals surface area contributed by atoms with E-state index in [-0.39, 0.29) is 17.9 Å². The van der Waals surface area contributed by atoms with Gasteiger partial charge in [-0.3, -0.25) is 9.59 Å². The van der Waals surface area contributed by atoms with Crippen molar-refractivity contribution in [3.8, 4) is 17.2 Å². The topological polar surface area (TPSA) is 83.1 Å². The average Bonchev–Trinajstić information content (AvgIpc) is 2.96. The maximum atomic E-state index is 12.3. The minimum absolute atomic E-state index is 0.0654. The molecule has 0 aromatic heterocycles. The van der Waals surface area contributed by atoms with Crippen LogP contribution in [0.5, 0.6) is 17.2 Å². The molecule has 0 bridgehead atoms. The Labute approximate surface area is 175 Å². The molecule has 1 N–H and O–H groups in total. The second kappa shape index (κ2) is 10.1. The number of nitrogens with one attached hydrogen (secondary N) is 1. The highest BCUT2D eigenvalue weighted by atomic mass is 35.5. The summed E-state index contributed by atoms with van der Waals surface area (Å²) in [6.07, 6.45) is 0.728. The van der Waals surface area contributed by atoms with E-state index in [2.05, 4.69) is 10.1 Å². The molecule has 0 fully saturated rings. The summed E-state index contributed by atoms with van der Waals surface area (Å²) >= 11 is 6.19. The van der Waals surface area contributed by atoms with Gasteiger partial charge < -0.3 is 24.3 Å². The molecule has 0 unspecified atom stereocenters. The summed E-state index contributed by atoms with van der Waals surface area (Å²) in [5.74, 6) is -0.553. The molecule has 1 heterocycles. The van der Waals surface area contributed by atoms with Gasteiger partial charge in [-0.15, -0.1) is 0 Å². The lowest BCUT2D eigenvalue weighted by Gasteiger charge is -2.12. The Kier molecular flexibility index (Phi) is 7.29. The zero-order valence-corrected chi connectivity index (χ0v) is 16.4. The Morgan fingerprint density at radius 2 is 1.97 bits per heavy atom. The van der Waals surface area contributed by atoms with Gasteiger partial charge in [0.1, 0.15) is 18.9 Å². The molecule has 0 radical (unpaired) electrons. The molecule has 7 nitrogen and oxygen atoms in total. The fourth-order valence-corrected chi connectivity index (χ4v) is 2.94. The second-order valence-corrected chi connectivity index (χ2v) is 6.61. The van der Waals surface area contributed by atoms with E-state index >= 15 is 0 Å². The van der Waals surface area contributed by atoms with Crippen molar-refractivity contribution < 1.29 is 37.3 Å². The monoisotopic (exact) mass is 441 g/mol. The van der Waals surface area contributed by atoms with Crippen LogP contribution in [0.4, 0.5) is 8.78 Å². The van der Waals surface area contributed by atoms with Crippen LogP contribution in [-0.2, 0) is 16.1 Å². The van der Waals surface area contributed by atoms with E-state index in [0.29, 0.717) is 35.3 Å². The van der Waals surface area contributed by atoms with Crippen molar-refractivity contribution in [2.24, 2.45) is 0 Å². The zero-order chi connectivity index (χ0) is 21.5. The number of amides is 1. The van der Waals surface area contributed by atoms with Crippen molar-refractivity contribution in [1.29, 1.82) is 0 Å². The fraction of sp³-hybridized carbons (Fsp3) is 0.300. The third-order valence-corrected chi connectivity index (χ3v) is 4.26. The molecule has 1 amide bonds. The van der Waals surface area contributed by atoms with Crippen LogP contribution in [-0.4, -0.2) is 38.2 Å². The first-order chi connectivity index (χ1) is 14.4. The fourth-order valence-electron chi connectivity index (χ4n) is 2.65. The number of hydrogen-bond acceptors (Lipinski definition) is 6. The van der Waals surface area contributed by atoms with Gasteiger partial charge in [-0.25, -0.2) is 0 Å². The summed E-state index contributed by atoms with van der Waals surface area (Å²) in [5, 5.41) is 2.70. The van der Waals surface area contributed by atoms with Crippen molar-refractivity contribution in [3.05, 3.63) is 52.5 Å². The number of carbonyl (C=O) groups is 2. The third kappa shape index (κ3) is 5.96. The number of fused-ring (bicyclic) bond motifs is 1. The summed E-state index contributed by atoms with van der Waals surface area (Å²) in [5.41, 5.74) is 0.663. The zero-order valence-electron chi connectivity index (χ0n) is 15.7. The van der Waals surface area contributed by atoms with E-state index in [1.54, 1.807) is 12.1 Å². The molecule has 3 rings (SSSR count). The summed E-state index contributed by atoms with van der Waals surface area (Å²) in [7, 11) is 0. The van der Waals surface area contributed by atoms with Gasteiger partial charge in [-0.05, 0) is 35.9 Å². The Bertz CT molecular complexity index is 924. The summed E-state index contributed by atoms with van der Waals surface area (Å²) < 4.78 is 45.0. The van der Waals surface area contributed by atoms with Crippen molar-refractivity contribution in [2.75, 3.05) is 19.8 Å². The standard InChI is InChI=1S/C20H18ClF2NO6/c21-15-7-12(8-16-18(15)28-6-2-5-27-16)11-29-17(25)10-24-19(26)13-3-1-4-14(9-13)30-20(22)23/h1,3-4,7-9,20H,2,5-6,10-11H2,(H,24,26). The normalized spacial score (nSPS) is 12.8. The maximum absolute atomic E-state index is 12.3. The molecule has 0 atom stereocenters. The number of ether oxygens (including phenoxy) is 4. The predicted molar refractivity (Wildman–Crippen MR) is 102 cm³/mol. The first-order valence-corrected chi connectivity index (χ1v) is 9.37. The molecule has 0 saturated heterocycles. The molecular weight excluding hydrogens is 424 g/mol. The summed E-state index contributed by atoms with van der Waals surface area (Å²) in [6, 6.07) is 8.50. The van der Waals surface area contributed by atoms with E-state index in [4.69, 9.17) is 25.8 Å². The lowest BCUT2D eigenvalue weighted by atomic mass is 10.2. The van der Waals surface area contributed by atoms with E-state index < -0.39 is 25.0 Å². The first-order valence-electron chi connectivity index (χ1n) is 8.99. The smallest absolute Gasteiger partial charge is 0.387 e. The Balaban J connectivity index is 1.51. The van der Waals surface area contributed by atoms with Crippen LogP contribution in [0.1, 0.15) is 22.3 Å². The number of carbonyl (C=O) groups excluding carboxylic acids is 2. The molecule has 2 aromatic carbocycles. The van der Waals surface area contributed by atoms with Gasteiger partial charge in [0, 0.05) is 12.0 Å². The van der Waals surface area contributed by atoms with E-state index in [1.165, 1.54) is 18.2 Å². The molecule has 0 saturated carbocycles. The molecule has 1 aliphatic heterocycles. The summed E-state index contributed by atoms with van der Waals surface area (Å²) in [4.78, 5) is 24.0. The first kappa shape index (κ1) is 21.6. The third-order valence-electron chi connectivity index (χ3n) is 3.98. The minimum Gasteiger partial charge on any atom is -0.489 e. The number of esters is 1.